The van der Waals surface area contributed by atoms with Gasteiger partial charge in [-0.15, -0.1) is 0 Å². The van der Waals surface area contributed by atoms with Crippen molar-refractivity contribution in [1.29, 1.82) is 0 Å². The van der Waals surface area contributed by atoms with E-state index in [1.165, 1.54) is 0 Å². The largest absolute Gasteiger partial charge is 0.480 e. The second kappa shape index (κ2) is 16.2. The topological polar surface area (TPSA) is 137 Å². The third-order valence-electron chi connectivity index (χ3n) is 6.36. The zero-order valence-electron chi connectivity index (χ0n) is 21.3. The molecule has 37 heavy (non-hydrogen) atoms. The lowest BCUT2D eigenvalue weighted by molar-refractivity contribution is -0.141. The number of carbonyl (C=O) groups is 3. The number of rotatable bonds is 9. The van der Waals surface area contributed by atoms with Gasteiger partial charge in [0.1, 0.15) is 0 Å². The van der Waals surface area contributed by atoms with E-state index in [1.54, 1.807) is 0 Å². The summed E-state index contributed by atoms with van der Waals surface area (Å²) in [7, 11) is 1.97. The molecule has 1 aliphatic rings. The average Bonchev–Trinajstić information content (AvgIpc) is 2.81. The minimum Gasteiger partial charge on any atom is -0.480 e. The van der Waals surface area contributed by atoms with Gasteiger partial charge in [-0.3, -0.25) is 29.1 Å². The van der Waals surface area contributed by atoms with Gasteiger partial charge in [0.2, 0.25) is 0 Å². The Morgan fingerprint density at radius 3 is 2.08 bits per heavy atom. The van der Waals surface area contributed by atoms with Gasteiger partial charge < -0.3 is 20.2 Å². The lowest BCUT2D eigenvalue weighted by Gasteiger charge is -2.36. The lowest BCUT2D eigenvalue weighted by Crippen LogP contribution is -2.50. The van der Waals surface area contributed by atoms with Gasteiger partial charge in [-0.05, 0) is 62.8 Å². The average molecular weight is 536 g/mol. The van der Waals surface area contributed by atoms with Crippen molar-refractivity contribution in [2.24, 2.45) is 4.99 Å². The molecule has 2 rings (SSSR count). The predicted molar refractivity (Wildman–Crippen MR) is 143 cm³/mol. The van der Waals surface area contributed by atoms with Crippen LogP contribution in [0.1, 0.15) is 18.4 Å². The van der Waals surface area contributed by atoms with Gasteiger partial charge >= 0.3 is 17.9 Å². The maximum Gasteiger partial charge on any atom is 0.317 e. The number of nitrogens with zero attached hydrogens (tertiary/aromatic N) is 5. The van der Waals surface area contributed by atoms with E-state index < -0.39 is 17.9 Å². The monoisotopic (exact) mass is 535 g/mol. The van der Waals surface area contributed by atoms with Crippen molar-refractivity contribution < 1.29 is 29.7 Å². The van der Waals surface area contributed by atoms with Crippen LogP contribution >= 0.6 is 12.2 Å². The van der Waals surface area contributed by atoms with Gasteiger partial charge in [-0.1, -0.05) is 12.1 Å². The van der Waals surface area contributed by atoms with Crippen LogP contribution in [0.4, 0.5) is 5.69 Å². The van der Waals surface area contributed by atoms with Crippen LogP contribution in [0.2, 0.25) is 0 Å². The number of carboxylic acid groups (broad SMARTS) is 3. The van der Waals surface area contributed by atoms with Crippen molar-refractivity contribution >= 4 is 41.0 Å². The first-order valence-electron chi connectivity index (χ1n) is 12.4. The van der Waals surface area contributed by atoms with Gasteiger partial charge in [-0.25, -0.2) is 0 Å². The van der Waals surface area contributed by atoms with Crippen LogP contribution in [0.5, 0.6) is 0 Å². The highest BCUT2D eigenvalue weighted by Crippen LogP contribution is 2.17. The molecule has 0 aliphatic carbocycles. The highest BCUT2D eigenvalue weighted by molar-refractivity contribution is 7.78. The van der Waals surface area contributed by atoms with Crippen molar-refractivity contribution in [1.82, 2.24) is 19.6 Å². The Bertz CT molecular complexity index is 940. The summed E-state index contributed by atoms with van der Waals surface area (Å²) in [5, 5.41) is 30.8. The number of carboxylic acids is 3. The molecule has 0 spiro atoms. The first-order valence-corrected chi connectivity index (χ1v) is 12.8. The molecule has 0 aromatic heterocycles. The van der Waals surface area contributed by atoms with Gasteiger partial charge in [0.15, 0.2) is 0 Å². The van der Waals surface area contributed by atoms with Crippen molar-refractivity contribution in [3.63, 3.8) is 0 Å². The Kier molecular flexibility index (Phi) is 13.3. The fourth-order valence-electron chi connectivity index (χ4n) is 4.58. The summed E-state index contributed by atoms with van der Waals surface area (Å²) in [6.07, 6.45) is 1.85. The molecule has 1 aromatic rings. The van der Waals surface area contributed by atoms with E-state index in [4.69, 9.17) is 0 Å². The van der Waals surface area contributed by atoms with Crippen molar-refractivity contribution in [2.75, 3.05) is 72.5 Å². The van der Waals surface area contributed by atoms with E-state index in [9.17, 15) is 29.7 Å². The minimum absolute atomic E-state index is 0.0644. The van der Waals surface area contributed by atoms with Crippen LogP contribution in [0.15, 0.2) is 29.3 Å². The van der Waals surface area contributed by atoms with Gasteiger partial charge in [0.05, 0.1) is 30.5 Å². The third kappa shape index (κ3) is 12.4. The molecule has 204 valence electrons. The fraction of sp³-hybridized carbons (Fsp3) is 0.600. The molecule has 0 radical (unpaired) electrons. The molecule has 0 amide bonds. The van der Waals surface area contributed by atoms with E-state index in [0.717, 1.165) is 18.5 Å². The summed E-state index contributed by atoms with van der Waals surface area (Å²) in [5.41, 5.74) is 1.65. The molecule has 1 fully saturated rings. The molecule has 0 bridgehead atoms. The van der Waals surface area contributed by atoms with Crippen molar-refractivity contribution in [3.8, 4) is 0 Å². The third-order valence-corrected chi connectivity index (χ3v) is 6.45. The van der Waals surface area contributed by atoms with E-state index in [0.29, 0.717) is 57.8 Å². The van der Waals surface area contributed by atoms with Crippen LogP contribution in [0.25, 0.3) is 0 Å². The molecule has 11 nitrogen and oxygen atoms in total. The molecule has 12 heteroatoms. The summed E-state index contributed by atoms with van der Waals surface area (Å²) in [4.78, 5) is 46.4. The normalized spacial score (nSPS) is 20.0. The predicted octanol–water partition coefficient (Wildman–Crippen LogP) is 1.22. The Morgan fingerprint density at radius 1 is 0.865 bits per heavy atom. The first-order chi connectivity index (χ1) is 17.7. The molecule has 1 unspecified atom stereocenters. The maximum atomic E-state index is 11.8. The van der Waals surface area contributed by atoms with Gasteiger partial charge in [-0.2, -0.15) is 4.99 Å². The number of isothiocyanates is 1. The standard InChI is InChI=1S/C25H37N5O6S/c1-27-8-2-11-30(18-25(35)36)22(14-20-4-6-21(7-5-20)26-19-37)15-29(17-24(33)34)10-3-9-28(13-12-27)16-23(31)32/h4-7,22H,2-3,8-18H2,1H3,(H,31,32)(H,33,34)(H,35,36). The molecule has 3 N–H and O–H groups in total. The Hall–Kier alpha value is -2.73. The Labute approximate surface area is 223 Å². The van der Waals surface area contributed by atoms with Crippen LogP contribution < -0.4 is 0 Å². The second-order valence-corrected chi connectivity index (χ2v) is 9.58. The highest BCUT2D eigenvalue weighted by atomic mass is 32.1. The number of thiocarbonyl (C=S) groups is 1. The SMILES string of the molecule is CN1CCCN(CC(=O)O)C(Cc2ccc(N=C=S)cc2)CN(CC(=O)O)CCCN(CC(=O)O)CC1. The minimum atomic E-state index is -0.962. The Morgan fingerprint density at radius 2 is 1.46 bits per heavy atom. The molecule has 0 saturated carbocycles. The number of benzene rings is 1. The zero-order valence-corrected chi connectivity index (χ0v) is 22.1. The number of aliphatic imine (C=N–C) groups is 1. The van der Waals surface area contributed by atoms with Gasteiger partial charge in [0, 0.05) is 45.3 Å². The van der Waals surface area contributed by atoms with Crippen LogP contribution in [0.3, 0.4) is 0 Å². The van der Waals surface area contributed by atoms with Gasteiger partial charge in [0.25, 0.3) is 0 Å². The van der Waals surface area contributed by atoms with E-state index in [1.807, 2.05) is 46.0 Å². The number of likely N-dealkylation sites (N-methyl/N-ethyl adjacent to an activating group) is 1. The molecule has 1 aromatic carbocycles. The summed E-state index contributed by atoms with van der Waals surface area (Å²) >= 11 is 4.66. The number of hydrogen-bond acceptors (Lipinski definition) is 9. The summed E-state index contributed by atoms with van der Waals surface area (Å²) in [6, 6.07) is 7.23. The maximum absolute atomic E-state index is 11.8. The second-order valence-electron chi connectivity index (χ2n) is 9.40. The molecule has 1 saturated heterocycles. The van der Waals surface area contributed by atoms with Crippen LogP contribution in [-0.2, 0) is 20.8 Å². The smallest absolute Gasteiger partial charge is 0.317 e. The van der Waals surface area contributed by atoms with E-state index in [-0.39, 0.29) is 25.7 Å². The molecular formula is C25H37N5O6S. The van der Waals surface area contributed by atoms with Crippen LogP contribution in [-0.4, -0.2) is 137 Å². The van der Waals surface area contributed by atoms with E-state index >= 15 is 0 Å². The van der Waals surface area contributed by atoms with Crippen molar-refractivity contribution in [3.05, 3.63) is 29.8 Å². The highest BCUT2D eigenvalue weighted by Gasteiger charge is 2.25. The van der Waals surface area contributed by atoms with Crippen molar-refractivity contribution in [2.45, 2.75) is 25.3 Å². The molecule has 1 heterocycles. The summed E-state index contributed by atoms with van der Waals surface area (Å²) in [5.74, 6) is -2.78. The molecular weight excluding hydrogens is 498 g/mol. The Balaban J connectivity index is 2.31. The number of hydrogen-bond donors (Lipinski definition) is 3. The van der Waals surface area contributed by atoms with Crippen LogP contribution in [0, 0.1) is 0 Å². The lowest BCUT2D eigenvalue weighted by atomic mass is 10.0. The number of aliphatic carboxylic acids is 3. The summed E-state index contributed by atoms with van der Waals surface area (Å²) < 4.78 is 0. The fourth-order valence-corrected chi connectivity index (χ4v) is 4.68. The quantitative estimate of drug-likeness (QED) is 0.311. The van der Waals surface area contributed by atoms with E-state index in [2.05, 4.69) is 27.3 Å². The zero-order chi connectivity index (χ0) is 27.2. The summed E-state index contributed by atoms with van der Waals surface area (Å²) in [6.45, 7) is 3.51. The first kappa shape index (κ1) is 30.5. The molecule has 1 atom stereocenters. The molecule has 1 aliphatic heterocycles.